The maximum Gasteiger partial charge on any atom is 0.225 e. The number of carbonyl (C=O) groups is 1. The second-order valence-corrected chi connectivity index (χ2v) is 6.70. The van der Waals surface area contributed by atoms with Crippen LogP contribution < -0.4 is 0 Å². The molecule has 0 spiro atoms. The van der Waals surface area contributed by atoms with Crippen molar-refractivity contribution in [1.29, 1.82) is 0 Å². The number of hydrogen-bond donors (Lipinski definition) is 1. The van der Waals surface area contributed by atoms with Crippen molar-refractivity contribution in [1.82, 2.24) is 19.6 Å². The van der Waals surface area contributed by atoms with E-state index in [-0.39, 0.29) is 12.3 Å². The van der Waals surface area contributed by atoms with E-state index in [9.17, 15) is 9.90 Å². The Morgan fingerprint density at radius 3 is 2.82 bits per heavy atom. The van der Waals surface area contributed by atoms with Gasteiger partial charge in [0.25, 0.3) is 0 Å². The first-order chi connectivity index (χ1) is 10.5. The minimum Gasteiger partial charge on any atom is -0.386 e. The van der Waals surface area contributed by atoms with Crippen LogP contribution in [0.3, 0.4) is 0 Å². The van der Waals surface area contributed by atoms with Crippen molar-refractivity contribution in [3.8, 4) is 0 Å². The molecule has 0 aromatic carbocycles. The van der Waals surface area contributed by atoms with Gasteiger partial charge in [-0.3, -0.25) is 14.4 Å². The molecular formula is C16H26N4O2. The topological polar surface area (TPSA) is 61.6 Å². The van der Waals surface area contributed by atoms with Crippen molar-refractivity contribution >= 4 is 5.91 Å². The quantitative estimate of drug-likeness (QED) is 0.906. The molecule has 3 rings (SSSR count). The van der Waals surface area contributed by atoms with Gasteiger partial charge in [-0.1, -0.05) is 12.8 Å². The van der Waals surface area contributed by atoms with E-state index in [0.29, 0.717) is 11.7 Å². The first-order valence-electron chi connectivity index (χ1n) is 8.23. The summed E-state index contributed by atoms with van der Waals surface area (Å²) in [6.07, 6.45) is 4.58. The Balaban J connectivity index is 1.66. The van der Waals surface area contributed by atoms with Crippen LogP contribution in [0, 0.1) is 0 Å². The largest absolute Gasteiger partial charge is 0.386 e. The lowest BCUT2D eigenvalue weighted by atomic mass is 10.1. The van der Waals surface area contributed by atoms with Crippen LogP contribution in [0.5, 0.6) is 0 Å². The van der Waals surface area contributed by atoms with Crippen molar-refractivity contribution in [3.63, 3.8) is 0 Å². The number of rotatable bonds is 4. The molecule has 1 amide bonds. The predicted octanol–water partition coefficient (Wildman–Crippen LogP) is 1.15. The fourth-order valence-corrected chi connectivity index (χ4v) is 3.51. The SMILES string of the molecule is CN(C)C(=O)C[C@H](O)c1cc2n(n1)CCN(C1CCCC1)C2. The monoisotopic (exact) mass is 306 g/mol. The van der Waals surface area contributed by atoms with Crippen LogP contribution in [0.1, 0.15) is 49.6 Å². The summed E-state index contributed by atoms with van der Waals surface area (Å²) in [5.41, 5.74) is 1.78. The van der Waals surface area contributed by atoms with E-state index in [2.05, 4.69) is 10.00 Å². The number of amides is 1. The highest BCUT2D eigenvalue weighted by Crippen LogP contribution is 2.28. The van der Waals surface area contributed by atoms with Gasteiger partial charge in [-0.25, -0.2) is 0 Å². The van der Waals surface area contributed by atoms with E-state index in [1.54, 1.807) is 14.1 Å². The van der Waals surface area contributed by atoms with Crippen LogP contribution in [0.2, 0.25) is 0 Å². The first-order valence-corrected chi connectivity index (χ1v) is 8.23. The number of aliphatic hydroxyl groups is 1. The standard InChI is InChI=1S/C16H26N4O2/c1-18(2)16(22)10-15(21)14-9-13-11-19(7-8-20(13)17-14)12-5-3-4-6-12/h9,12,15,21H,3-8,10-11H2,1-2H3/t15-/m0/s1. The summed E-state index contributed by atoms with van der Waals surface area (Å²) in [5.74, 6) is -0.0777. The molecule has 6 nitrogen and oxygen atoms in total. The number of hydrogen-bond acceptors (Lipinski definition) is 4. The molecule has 1 aromatic rings. The van der Waals surface area contributed by atoms with Crippen molar-refractivity contribution in [2.75, 3.05) is 20.6 Å². The van der Waals surface area contributed by atoms with Gasteiger partial charge in [0.05, 0.1) is 24.4 Å². The highest BCUT2D eigenvalue weighted by Gasteiger charge is 2.28. The fraction of sp³-hybridized carbons (Fsp3) is 0.750. The number of aromatic nitrogens is 2. The normalized spacial score (nSPS) is 20.9. The van der Waals surface area contributed by atoms with Crippen LogP contribution in [0.15, 0.2) is 6.07 Å². The Kier molecular flexibility index (Phi) is 4.49. The molecule has 1 atom stereocenters. The molecule has 1 fully saturated rings. The van der Waals surface area contributed by atoms with Gasteiger partial charge in [0.2, 0.25) is 5.91 Å². The third-order valence-corrected chi connectivity index (χ3v) is 4.90. The number of aliphatic hydroxyl groups excluding tert-OH is 1. The number of fused-ring (bicyclic) bond motifs is 1. The second-order valence-electron chi connectivity index (χ2n) is 6.70. The van der Waals surface area contributed by atoms with E-state index in [4.69, 9.17) is 0 Å². The maximum atomic E-state index is 11.7. The smallest absolute Gasteiger partial charge is 0.225 e. The van der Waals surface area contributed by atoms with E-state index in [1.165, 1.54) is 30.6 Å². The van der Waals surface area contributed by atoms with Gasteiger partial charge in [-0.05, 0) is 18.9 Å². The zero-order valence-corrected chi connectivity index (χ0v) is 13.5. The molecule has 1 N–H and O–H groups in total. The van der Waals surface area contributed by atoms with E-state index < -0.39 is 6.10 Å². The Morgan fingerprint density at radius 1 is 1.41 bits per heavy atom. The number of carbonyl (C=O) groups excluding carboxylic acids is 1. The average molecular weight is 306 g/mol. The molecule has 0 saturated heterocycles. The molecule has 2 aliphatic rings. The van der Waals surface area contributed by atoms with E-state index in [0.717, 1.165) is 25.3 Å². The van der Waals surface area contributed by atoms with E-state index >= 15 is 0 Å². The summed E-state index contributed by atoms with van der Waals surface area (Å²) in [6.45, 7) is 2.82. The Morgan fingerprint density at radius 2 is 2.14 bits per heavy atom. The van der Waals surface area contributed by atoms with Crippen LogP contribution in [0.4, 0.5) is 0 Å². The van der Waals surface area contributed by atoms with Gasteiger partial charge >= 0.3 is 0 Å². The summed E-state index contributed by atoms with van der Waals surface area (Å²) in [4.78, 5) is 15.8. The molecular weight excluding hydrogens is 280 g/mol. The zero-order chi connectivity index (χ0) is 15.7. The number of nitrogens with zero attached hydrogens (tertiary/aromatic N) is 4. The lowest BCUT2D eigenvalue weighted by Crippen LogP contribution is -2.39. The molecule has 0 unspecified atom stereocenters. The minimum atomic E-state index is -0.812. The third kappa shape index (κ3) is 3.17. The van der Waals surface area contributed by atoms with Crippen molar-refractivity contribution in [3.05, 3.63) is 17.5 Å². The van der Waals surface area contributed by atoms with Gasteiger partial charge in [-0.2, -0.15) is 5.10 Å². The van der Waals surface area contributed by atoms with Gasteiger partial charge in [-0.15, -0.1) is 0 Å². The maximum absolute atomic E-state index is 11.7. The van der Waals surface area contributed by atoms with Crippen LogP contribution in [-0.4, -0.2) is 57.3 Å². The molecule has 1 aliphatic heterocycles. The summed E-state index contributed by atoms with van der Waals surface area (Å²) in [5, 5.41) is 14.7. The first kappa shape index (κ1) is 15.5. The second kappa shape index (κ2) is 6.38. The zero-order valence-electron chi connectivity index (χ0n) is 13.5. The van der Waals surface area contributed by atoms with Crippen LogP contribution in [0.25, 0.3) is 0 Å². The third-order valence-electron chi connectivity index (χ3n) is 4.90. The van der Waals surface area contributed by atoms with Gasteiger partial charge in [0.15, 0.2) is 0 Å². The molecule has 1 aromatic heterocycles. The van der Waals surface area contributed by atoms with Crippen LogP contribution >= 0.6 is 0 Å². The predicted molar refractivity (Wildman–Crippen MR) is 83.2 cm³/mol. The molecule has 122 valence electrons. The molecule has 22 heavy (non-hydrogen) atoms. The molecule has 1 saturated carbocycles. The van der Waals surface area contributed by atoms with Gasteiger partial charge < -0.3 is 10.0 Å². The molecule has 6 heteroatoms. The Bertz CT molecular complexity index is 534. The summed E-state index contributed by atoms with van der Waals surface area (Å²) in [6, 6.07) is 2.68. The minimum absolute atomic E-state index is 0.0777. The fourth-order valence-electron chi connectivity index (χ4n) is 3.51. The van der Waals surface area contributed by atoms with Gasteiger partial charge in [0, 0.05) is 33.2 Å². The summed E-state index contributed by atoms with van der Waals surface area (Å²) in [7, 11) is 3.40. The molecule has 0 bridgehead atoms. The lowest BCUT2D eigenvalue weighted by Gasteiger charge is -2.32. The molecule has 1 aliphatic carbocycles. The Labute approximate surface area is 131 Å². The summed E-state index contributed by atoms with van der Waals surface area (Å²) < 4.78 is 1.99. The van der Waals surface area contributed by atoms with Crippen molar-refractivity contribution in [2.24, 2.45) is 0 Å². The van der Waals surface area contributed by atoms with Crippen molar-refractivity contribution in [2.45, 2.75) is 57.3 Å². The van der Waals surface area contributed by atoms with Crippen molar-refractivity contribution < 1.29 is 9.90 Å². The Hall–Kier alpha value is -1.40. The molecule has 2 heterocycles. The lowest BCUT2D eigenvalue weighted by molar-refractivity contribution is -0.130. The average Bonchev–Trinajstić information content (AvgIpc) is 3.15. The summed E-state index contributed by atoms with van der Waals surface area (Å²) >= 11 is 0. The highest BCUT2D eigenvalue weighted by atomic mass is 16.3. The van der Waals surface area contributed by atoms with Crippen LogP contribution in [-0.2, 0) is 17.9 Å². The van der Waals surface area contributed by atoms with Gasteiger partial charge in [0.1, 0.15) is 6.10 Å². The van der Waals surface area contributed by atoms with E-state index in [1.807, 2.05) is 10.7 Å². The molecule has 0 radical (unpaired) electrons. The highest BCUT2D eigenvalue weighted by molar-refractivity contribution is 5.76.